The van der Waals surface area contributed by atoms with Gasteiger partial charge in [0.15, 0.2) is 0 Å². The van der Waals surface area contributed by atoms with E-state index in [2.05, 4.69) is 23.5 Å². The Labute approximate surface area is 95.5 Å². The molecule has 0 radical (unpaired) electrons. The van der Waals surface area contributed by atoms with Crippen LogP contribution < -0.4 is 14.5 Å². The van der Waals surface area contributed by atoms with Crippen LogP contribution >= 0.6 is 17.3 Å². The molecule has 68 valence electrons. The van der Waals surface area contributed by atoms with Crippen molar-refractivity contribution >= 4 is 29.1 Å². The molecular weight excluding hydrogens is 267 g/mol. The van der Waals surface area contributed by atoms with E-state index in [0.717, 1.165) is 19.3 Å². The van der Waals surface area contributed by atoms with Crippen LogP contribution in [0.25, 0.3) is 0 Å². The summed E-state index contributed by atoms with van der Waals surface area (Å²) in [6.45, 7) is 2.81. The summed E-state index contributed by atoms with van der Waals surface area (Å²) in [6, 6.07) is 0. The molecule has 3 nitrogen and oxygen atoms in total. The first-order chi connectivity index (χ1) is 5.06. The molecular formula is C5H12NO2PS2Zn. The van der Waals surface area contributed by atoms with Crippen LogP contribution in [0, 0.1) is 0 Å². The number of hydrogen-bond donors (Lipinski definition) is 1. The monoisotopic (exact) mass is 277 g/mol. The normalized spacial score (nSPS) is 10.9. The summed E-state index contributed by atoms with van der Waals surface area (Å²) >= 11 is 4.81. The Morgan fingerprint density at radius 1 is 1.42 bits per heavy atom. The van der Waals surface area contributed by atoms with Gasteiger partial charge in [0.2, 0.25) is 0 Å². The van der Waals surface area contributed by atoms with Crippen LogP contribution in [0.4, 0.5) is 0 Å². The van der Waals surface area contributed by atoms with Crippen LogP contribution in [0.5, 0.6) is 0 Å². The van der Waals surface area contributed by atoms with E-state index in [1.165, 1.54) is 0 Å². The molecule has 0 unspecified atom stereocenters. The molecule has 0 aromatic heterocycles. The van der Waals surface area contributed by atoms with Gasteiger partial charge in [-0.05, 0) is 6.42 Å². The van der Waals surface area contributed by atoms with Crippen LogP contribution in [0.1, 0.15) is 26.2 Å². The van der Waals surface area contributed by atoms with Crippen LogP contribution in [0.3, 0.4) is 0 Å². The number of unbranched alkanes of at least 4 members (excludes halogenated alkanes) is 2. The van der Waals surface area contributed by atoms with Gasteiger partial charge in [-0.15, -0.1) is 17.5 Å². The van der Waals surface area contributed by atoms with Crippen LogP contribution in [-0.4, -0.2) is 6.54 Å². The molecule has 0 fully saturated rings. The fourth-order valence-electron chi connectivity index (χ4n) is 0.572. The van der Waals surface area contributed by atoms with Crippen molar-refractivity contribution < 1.29 is 29.3 Å². The summed E-state index contributed by atoms with van der Waals surface area (Å²) in [5.41, 5.74) is -3.58. The van der Waals surface area contributed by atoms with Gasteiger partial charge >= 0.3 is 19.5 Å². The molecule has 0 atom stereocenters. The van der Waals surface area contributed by atoms with Gasteiger partial charge in [-0.25, -0.2) is 0 Å². The Bertz CT molecular complexity index is 143. The largest absolute Gasteiger partial charge is 2.00 e. The summed E-state index contributed by atoms with van der Waals surface area (Å²) < 4.78 is 2.70. The summed E-state index contributed by atoms with van der Waals surface area (Å²) in [5, 5.41) is 0. The molecule has 0 aliphatic heterocycles. The minimum atomic E-state index is -3.58. The molecule has 0 rings (SSSR count). The zero-order valence-corrected chi connectivity index (χ0v) is 12.6. The fourth-order valence-corrected chi connectivity index (χ4v) is 2.19. The fraction of sp³-hybridized carbons (Fsp3) is 1.00. The van der Waals surface area contributed by atoms with E-state index in [1.54, 1.807) is 0 Å². The quantitative estimate of drug-likeness (QED) is 0.329. The Kier molecular flexibility index (Phi) is 12.1. The van der Waals surface area contributed by atoms with Crippen molar-refractivity contribution in [3.05, 3.63) is 0 Å². The van der Waals surface area contributed by atoms with E-state index in [4.69, 9.17) is 0 Å². The molecule has 0 saturated carbocycles. The molecule has 1 N–H and O–H groups in total. The van der Waals surface area contributed by atoms with Gasteiger partial charge in [0.25, 0.3) is 0 Å². The first-order valence-electron chi connectivity index (χ1n) is 3.50. The van der Waals surface area contributed by atoms with Gasteiger partial charge in [-0.3, -0.25) is 4.72 Å². The molecule has 7 heteroatoms. The maximum absolute atomic E-state index is 10.4. The predicted octanol–water partition coefficient (Wildman–Crippen LogP) is 0.357. The Morgan fingerprint density at radius 2 is 2.00 bits per heavy atom. The SMILES string of the molecule is CCCCCNSP([O-])([O-])=S.[Zn+2]. The average Bonchev–Trinajstić information content (AvgIpc) is 1.85. The molecule has 0 spiro atoms. The summed E-state index contributed by atoms with van der Waals surface area (Å²) in [7, 11) is 0. The molecule has 0 aromatic carbocycles. The minimum Gasteiger partial charge on any atom is -0.824 e. The van der Waals surface area contributed by atoms with Gasteiger partial charge in [-0.2, -0.15) is 0 Å². The Morgan fingerprint density at radius 3 is 2.42 bits per heavy atom. The Hall–Kier alpha value is 1.50. The second kappa shape index (κ2) is 9.07. The third kappa shape index (κ3) is 14.1. The maximum atomic E-state index is 10.4. The molecule has 12 heavy (non-hydrogen) atoms. The number of hydrogen-bond acceptors (Lipinski definition) is 5. The molecule has 0 aliphatic carbocycles. The smallest absolute Gasteiger partial charge is 0.824 e. The molecule has 0 aromatic rings. The van der Waals surface area contributed by atoms with E-state index < -0.39 is 5.69 Å². The molecule has 0 saturated heterocycles. The number of rotatable bonds is 6. The first-order valence-corrected chi connectivity index (χ1v) is 7.55. The van der Waals surface area contributed by atoms with E-state index in [0.29, 0.717) is 18.1 Å². The topological polar surface area (TPSA) is 58.1 Å². The molecule has 0 heterocycles. The maximum Gasteiger partial charge on any atom is 2.00 e. The van der Waals surface area contributed by atoms with Crippen molar-refractivity contribution in [1.82, 2.24) is 4.72 Å². The van der Waals surface area contributed by atoms with Gasteiger partial charge in [-0.1, -0.05) is 31.3 Å². The van der Waals surface area contributed by atoms with E-state index >= 15 is 0 Å². The minimum absolute atomic E-state index is 0. The van der Waals surface area contributed by atoms with Crippen molar-refractivity contribution in [3.8, 4) is 0 Å². The third-order valence-corrected chi connectivity index (χ3v) is 3.34. The van der Waals surface area contributed by atoms with Crippen LogP contribution in [0.15, 0.2) is 0 Å². The Balaban J connectivity index is 0. The van der Waals surface area contributed by atoms with Crippen molar-refractivity contribution in [2.75, 3.05) is 6.54 Å². The molecule has 0 bridgehead atoms. The van der Waals surface area contributed by atoms with Crippen LogP contribution in [0.2, 0.25) is 0 Å². The zero-order valence-electron chi connectivity index (χ0n) is 7.12. The summed E-state index contributed by atoms with van der Waals surface area (Å²) in [4.78, 5) is 20.8. The van der Waals surface area contributed by atoms with Crippen LogP contribution in [-0.2, 0) is 31.3 Å². The van der Waals surface area contributed by atoms with Crippen molar-refractivity contribution in [3.63, 3.8) is 0 Å². The first kappa shape index (κ1) is 16.0. The second-order valence-corrected chi connectivity index (χ2v) is 7.63. The van der Waals surface area contributed by atoms with E-state index in [-0.39, 0.29) is 19.5 Å². The van der Waals surface area contributed by atoms with Gasteiger partial charge in [0.05, 0.1) is 0 Å². The summed E-state index contributed by atoms with van der Waals surface area (Å²) in [5.74, 6) is 0. The third-order valence-electron chi connectivity index (χ3n) is 1.06. The number of nitrogens with one attached hydrogen (secondary N) is 1. The average molecular weight is 279 g/mol. The van der Waals surface area contributed by atoms with E-state index in [1.807, 2.05) is 0 Å². The van der Waals surface area contributed by atoms with Crippen molar-refractivity contribution in [1.29, 1.82) is 0 Å². The van der Waals surface area contributed by atoms with Crippen molar-refractivity contribution in [2.24, 2.45) is 0 Å². The van der Waals surface area contributed by atoms with Gasteiger partial charge in [0.1, 0.15) is 0 Å². The zero-order chi connectivity index (χ0) is 8.74. The predicted molar refractivity (Wildman–Crippen MR) is 49.4 cm³/mol. The van der Waals surface area contributed by atoms with Crippen molar-refractivity contribution in [2.45, 2.75) is 26.2 Å². The standard InChI is InChI=1S/C5H14NO2PS2.Zn/c1-2-3-4-5-6-11-9(7,8)10;/h6H,2-5H2,1H3,(H2,7,8,10);/q;+2/p-2. The van der Waals surface area contributed by atoms with Gasteiger partial charge in [0, 0.05) is 6.54 Å². The summed E-state index contributed by atoms with van der Waals surface area (Å²) in [6.07, 6.45) is 3.25. The van der Waals surface area contributed by atoms with E-state index in [9.17, 15) is 9.79 Å². The van der Waals surface area contributed by atoms with Gasteiger partial charge < -0.3 is 9.79 Å². The molecule has 0 aliphatic rings. The second-order valence-electron chi connectivity index (χ2n) is 2.14. The molecule has 0 amide bonds.